The summed E-state index contributed by atoms with van der Waals surface area (Å²) in [5.74, 6) is 0. The number of rotatable bonds is 9. The van der Waals surface area contributed by atoms with E-state index in [0.29, 0.717) is 6.61 Å². The van der Waals surface area contributed by atoms with Gasteiger partial charge in [-0.3, -0.25) is 0 Å². The van der Waals surface area contributed by atoms with Crippen LogP contribution >= 0.6 is 0 Å². The van der Waals surface area contributed by atoms with E-state index in [4.69, 9.17) is 27.5 Å². The van der Waals surface area contributed by atoms with Gasteiger partial charge in [0.25, 0.3) is 0 Å². The highest BCUT2D eigenvalue weighted by Crippen LogP contribution is 2.33. The van der Waals surface area contributed by atoms with Gasteiger partial charge in [-0.05, 0) is 58.9 Å². The predicted octanol–water partition coefficient (Wildman–Crippen LogP) is 3.66. The zero-order valence-corrected chi connectivity index (χ0v) is 21.5. The fraction of sp³-hybridized carbons (Fsp3) is 1.00. The van der Waals surface area contributed by atoms with Gasteiger partial charge < -0.3 is 27.5 Å². The molecule has 0 aromatic carbocycles. The average molecular weight is 425 g/mol. The van der Waals surface area contributed by atoms with Crippen molar-refractivity contribution in [1.82, 2.24) is 0 Å². The normalized spacial score (nSPS) is 31.3. The molecule has 6 nitrogen and oxygen atoms in total. The topological polar surface area (TPSA) is 55.4 Å². The fourth-order valence-electron chi connectivity index (χ4n) is 2.99. The molecule has 0 bridgehead atoms. The van der Waals surface area contributed by atoms with Crippen LogP contribution in [0.3, 0.4) is 0 Å². The Morgan fingerprint density at radius 1 is 0.654 bits per heavy atom. The second-order valence-corrected chi connectivity index (χ2v) is 23.2. The lowest BCUT2D eigenvalue weighted by molar-refractivity contribution is -0.285. The highest BCUT2D eigenvalue weighted by atomic mass is 28.4. The molecule has 0 amide bonds. The summed E-state index contributed by atoms with van der Waals surface area (Å²) >= 11 is 0. The second-order valence-electron chi connectivity index (χ2n) is 9.82. The molecule has 0 aromatic rings. The Bertz CT molecular complexity index is 430. The molecule has 0 radical (unpaired) electrons. The number of methoxy groups -OCH3 is 2. The first-order valence-electron chi connectivity index (χ1n) is 9.37. The number of hydrogen-bond donors (Lipinski definition) is 0. The van der Waals surface area contributed by atoms with Crippen molar-refractivity contribution in [3.63, 3.8) is 0 Å². The molecule has 1 rings (SSSR count). The summed E-state index contributed by atoms with van der Waals surface area (Å²) in [4.78, 5) is 0. The third-order valence-electron chi connectivity index (χ3n) is 3.62. The molecule has 1 heterocycles. The molecule has 1 aliphatic heterocycles. The fourth-order valence-corrected chi connectivity index (χ4v) is 6.24. The second kappa shape index (κ2) is 9.27. The summed E-state index contributed by atoms with van der Waals surface area (Å²) in [5.41, 5.74) is 0. The van der Waals surface area contributed by atoms with Gasteiger partial charge in [0.15, 0.2) is 31.2 Å². The van der Waals surface area contributed by atoms with Crippen molar-refractivity contribution < 1.29 is 27.5 Å². The van der Waals surface area contributed by atoms with E-state index in [0.717, 1.165) is 0 Å². The molecule has 0 unspecified atom stereocenters. The Labute approximate surface area is 163 Å². The van der Waals surface area contributed by atoms with Gasteiger partial charge in [-0.1, -0.05) is 0 Å². The number of hydrogen-bond acceptors (Lipinski definition) is 6. The summed E-state index contributed by atoms with van der Waals surface area (Å²) < 4.78 is 37.0. The highest BCUT2D eigenvalue weighted by molar-refractivity contribution is 6.70. The minimum absolute atomic E-state index is 0.235. The first kappa shape index (κ1) is 24.4. The highest BCUT2D eigenvalue weighted by Gasteiger charge is 2.51. The third-order valence-corrected chi connectivity index (χ3v) is 6.56. The molecule has 1 fully saturated rings. The maximum atomic E-state index is 6.62. The smallest absolute Gasteiger partial charge is 0.185 e. The van der Waals surface area contributed by atoms with E-state index in [1.165, 1.54) is 0 Å². The summed E-state index contributed by atoms with van der Waals surface area (Å²) in [7, 11) is -2.21. The summed E-state index contributed by atoms with van der Waals surface area (Å²) in [5, 5.41) is 0. The Kier molecular flexibility index (Phi) is 8.72. The molecule has 0 N–H and O–H groups in total. The van der Waals surface area contributed by atoms with Crippen LogP contribution in [0.4, 0.5) is 0 Å². The van der Waals surface area contributed by atoms with Crippen molar-refractivity contribution in [3.8, 4) is 0 Å². The first-order chi connectivity index (χ1) is 11.7. The first-order valence-corrected chi connectivity index (χ1v) is 19.6. The molecule has 0 aliphatic carbocycles. The minimum Gasteiger partial charge on any atom is -0.409 e. The van der Waals surface area contributed by atoms with Crippen molar-refractivity contribution >= 4 is 25.0 Å². The maximum absolute atomic E-state index is 6.62. The Hall–Kier alpha value is 0.411. The van der Waals surface area contributed by atoms with E-state index in [1.807, 2.05) is 0 Å². The van der Waals surface area contributed by atoms with Crippen LogP contribution in [-0.4, -0.2) is 76.5 Å². The lowest BCUT2D eigenvalue weighted by atomic mass is 9.99. The van der Waals surface area contributed by atoms with E-state index < -0.39 is 31.2 Å². The van der Waals surface area contributed by atoms with Crippen LogP contribution in [0, 0.1) is 0 Å². The Morgan fingerprint density at radius 3 is 1.46 bits per heavy atom. The van der Waals surface area contributed by atoms with Gasteiger partial charge in [-0.15, -0.1) is 0 Å². The van der Waals surface area contributed by atoms with Gasteiger partial charge in [-0.25, -0.2) is 0 Å². The summed E-state index contributed by atoms with van der Waals surface area (Å²) in [6.07, 6.45) is -1.53. The van der Waals surface area contributed by atoms with Crippen LogP contribution in [0.5, 0.6) is 0 Å². The van der Waals surface area contributed by atoms with E-state index >= 15 is 0 Å². The van der Waals surface area contributed by atoms with Gasteiger partial charge in [0.1, 0.15) is 24.4 Å². The monoisotopic (exact) mass is 424 g/mol. The van der Waals surface area contributed by atoms with E-state index in [-0.39, 0.29) is 24.4 Å². The van der Waals surface area contributed by atoms with E-state index in [1.54, 1.807) is 14.2 Å². The van der Waals surface area contributed by atoms with Gasteiger partial charge in [0.2, 0.25) is 0 Å². The molecular formula is C17H40O6Si3. The molecule has 1 aliphatic rings. The standard InChI is InChI=1S/C17H40O6Si3/c1-18-12-13-14(21-24(3,4)5)15(22-25(6,7)8)16(17(19-2)20-13)23-26(9,10)11/h13-17H,12H2,1-11H3/t13-,14-,15+,16-,17+/m1/s1. The van der Waals surface area contributed by atoms with Gasteiger partial charge >= 0.3 is 0 Å². The predicted molar refractivity (Wildman–Crippen MR) is 112 cm³/mol. The van der Waals surface area contributed by atoms with Crippen molar-refractivity contribution in [2.24, 2.45) is 0 Å². The van der Waals surface area contributed by atoms with Crippen LogP contribution in [0.1, 0.15) is 0 Å². The molecule has 0 aromatic heterocycles. The van der Waals surface area contributed by atoms with Crippen LogP contribution in [0.15, 0.2) is 0 Å². The Balaban J connectivity index is 3.30. The van der Waals surface area contributed by atoms with Crippen molar-refractivity contribution in [1.29, 1.82) is 0 Å². The van der Waals surface area contributed by atoms with Gasteiger partial charge in [0, 0.05) is 14.2 Å². The van der Waals surface area contributed by atoms with Crippen LogP contribution in [0.25, 0.3) is 0 Å². The average Bonchev–Trinajstić information content (AvgIpc) is 2.41. The van der Waals surface area contributed by atoms with Crippen molar-refractivity contribution in [2.45, 2.75) is 89.6 Å². The van der Waals surface area contributed by atoms with Gasteiger partial charge in [0.05, 0.1) is 6.61 Å². The van der Waals surface area contributed by atoms with E-state index in [2.05, 4.69) is 58.9 Å². The lowest BCUT2D eigenvalue weighted by Gasteiger charge is -2.50. The molecule has 0 saturated carbocycles. The molecule has 1 saturated heterocycles. The molecule has 9 heteroatoms. The zero-order valence-electron chi connectivity index (χ0n) is 18.5. The van der Waals surface area contributed by atoms with Crippen LogP contribution < -0.4 is 0 Å². The van der Waals surface area contributed by atoms with E-state index in [9.17, 15) is 0 Å². The molecule has 0 spiro atoms. The quantitative estimate of drug-likeness (QED) is 0.526. The summed E-state index contributed by atoms with van der Waals surface area (Å²) in [6, 6.07) is 0. The zero-order chi connectivity index (χ0) is 20.3. The minimum atomic E-state index is -1.85. The largest absolute Gasteiger partial charge is 0.409 e. The lowest BCUT2D eigenvalue weighted by Crippen LogP contribution is -2.66. The molecule has 156 valence electrons. The molecule has 26 heavy (non-hydrogen) atoms. The third kappa shape index (κ3) is 8.19. The van der Waals surface area contributed by atoms with Crippen LogP contribution in [0.2, 0.25) is 58.9 Å². The Morgan fingerprint density at radius 2 is 1.08 bits per heavy atom. The van der Waals surface area contributed by atoms with Crippen molar-refractivity contribution in [3.05, 3.63) is 0 Å². The summed E-state index contributed by atoms with van der Waals surface area (Å²) in [6.45, 7) is 20.0. The van der Waals surface area contributed by atoms with Gasteiger partial charge in [-0.2, -0.15) is 0 Å². The van der Waals surface area contributed by atoms with Crippen molar-refractivity contribution in [2.75, 3.05) is 20.8 Å². The SMILES string of the molecule is COC[C@H]1O[C@H](OC)[C@H](O[Si](C)(C)C)[C@@H](O[Si](C)(C)C)[C@@H]1O[Si](C)(C)C. The molecular weight excluding hydrogens is 384 g/mol. The number of ether oxygens (including phenoxy) is 3. The maximum Gasteiger partial charge on any atom is 0.185 e. The van der Waals surface area contributed by atoms with Crippen LogP contribution in [-0.2, 0) is 27.5 Å². The molecule has 5 atom stereocenters.